The maximum Gasteiger partial charge on any atom is 0.252 e. The largest absolute Gasteiger partial charge is 0.326 e. The second kappa shape index (κ2) is 5.81. The number of hydrogen-bond acceptors (Lipinski definition) is 3. The molecule has 0 unspecified atom stereocenters. The van der Waals surface area contributed by atoms with Crippen molar-refractivity contribution < 1.29 is 0 Å². The van der Waals surface area contributed by atoms with Crippen LogP contribution in [0.5, 0.6) is 0 Å². The molecule has 0 spiro atoms. The van der Waals surface area contributed by atoms with E-state index in [9.17, 15) is 4.79 Å². The van der Waals surface area contributed by atoms with E-state index in [-0.39, 0.29) is 5.56 Å². The smallest absolute Gasteiger partial charge is 0.252 e. The number of nitrogens with one attached hydrogen (secondary N) is 2. The lowest BCUT2D eigenvalue weighted by atomic mass is 10.1. The number of halogens is 1. The Hall–Kier alpha value is -2.59. The summed E-state index contributed by atoms with van der Waals surface area (Å²) in [4.78, 5) is 18.9. The third kappa shape index (κ3) is 3.30. The van der Waals surface area contributed by atoms with Crippen LogP contribution < -0.4 is 10.9 Å². The van der Waals surface area contributed by atoms with Gasteiger partial charge < -0.3 is 5.32 Å². The number of nitrogens with zero attached hydrogens (tertiary/aromatic N) is 1. The molecule has 0 aliphatic heterocycles. The van der Waals surface area contributed by atoms with Crippen LogP contribution in [0.4, 0.5) is 11.6 Å². The maximum absolute atomic E-state index is 11.8. The first kappa shape index (κ1) is 13.4. The lowest BCUT2D eigenvalue weighted by molar-refractivity contribution is 1.13. The van der Waals surface area contributed by atoms with Crippen LogP contribution in [-0.4, -0.2) is 9.97 Å². The molecule has 0 fully saturated rings. The lowest BCUT2D eigenvalue weighted by Crippen LogP contribution is -2.10. The zero-order chi connectivity index (χ0) is 14.7. The third-order valence-electron chi connectivity index (χ3n) is 2.92. The first-order valence-electron chi connectivity index (χ1n) is 6.40. The fourth-order valence-electron chi connectivity index (χ4n) is 1.94. The third-order valence-corrected chi connectivity index (χ3v) is 3.17. The summed E-state index contributed by atoms with van der Waals surface area (Å²) in [5, 5.41) is 3.72. The van der Waals surface area contributed by atoms with Crippen molar-refractivity contribution in [1.29, 1.82) is 0 Å². The molecule has 0 amide bonds. The molecule has 1 heterocycles. The summed E-state index contributed by atoms with van der Waals surface area (Å²) in [6.07, 6.45) is 0. The molecule has 0 saturated carbocycles. The Balaban J connectivity index is 1.96. The van der Waals surface area contributed by atoms with Gasteiger partial charge in [-0.25, -0.2) is 4.98 Å². The Morgan fingerprint density at radius 1 is 1.00 bits per heavy atom. The van der Waals surface area contributed by atoms with Crippen molar-refractivity contribution in [3.8, 4) is 11.3 Å². The van der Waals surface area contributed by atoms with E-state index in [0.717, 1.165) is 11.3 Å². The number of anilines is 2. The number of aromatic amines is 1. The topological polar surface area (TPSA) is 57.8 Å². The zero-order valence-corrected chi connectivity index (χ0v) is 11.8. The number of hydrogen-bond donors (Lipinski definition) is 2. The van der Waals surface area contributed by atoms with E-state index in [0.29, 0.717) is 16.7 Å². The van der Waals surface area contributed by atoms with Crippen LogP contribution in [0.25, 0.3) is 11.3 Å². The summed E-state index contributed by atoms with van der Waals surface area (Å²) in [7, 11) is 0. The van der Waals surface area contributed by atoms with E-state index in [4.69, 9.17) is 11.6 Å². The van der Waals surface area contributed by atoms with E-state index >= 15 is 0 Å². The minimum Gasteiger partial charge on any atom is -0.326 e. The molecule has 5 heteroatoms. The summed E-state index contributed by atoms with van der Waals surface area (Å²) in [6, 6.07) is 18.2. The van der Waals surface area contributed by atoms with E-state index in [1.807, 2.05) is 42.5 Å². The molecule has 0 bridgehead atoms. The highest BCUT2D eigenvalue weighted by Gasteiger charge is 2.04. The molecule has 3 rings (SSSR count). The van der Waals surface area contributed by atoms with Crippen molar-refractivity contribution in [1.82, 2.24) is 9.97 Å². The van der Waals surface area contributed by atoms with E-state index in [2.05, 4.69) is 15.3 Å². The highest BCUT2D eigenvalue weighted by atomic mass is 35.5. The molecule has 4 nitrogen and oxygen atoms in total. The van der Waals surface area contributed by atoms with E-state index in [1.165, 1.54) is 6.07 Å². The molecule has 3 aromatic rings. The van der Waals surface area contributed by atoms with Crippen LogP contribution in [0.3, 0.4) is 0 Å². The van der Waals surface area contributed by atoms with Crippen LogP contribution in [0.1, 0.15) is 0 Å². The summed E-state index contributed by atoms with van der Waals surface area (Å²) in [6.45, 7) is 0. The van der Waals surface area contributed by atoms with Crippen LogP contribution >= 0.6 is 11.6 Å². The standard InChI is InChI=1S/C16H12ClN3O/c17-12-8-6-11(7-9-12)14-10-15(21)20-16(19-14)18-13-4-2-1-3-5-13/h1-10H,(H2,18,19,20,21). The van der Waals surface area contributed by atoms with Crippen molar-refractivity contribution >= 4 is 23.2 Å². The molecule has 0 aliphatic carbocycles. The molecule has 2 aromatic carbocycles. The predicted molar refractivity (Wildman–Crippen MR) is 85.0 cm³/mol. The molecular weight excluding hydrogens is 286 g/mol. The van der Waals surface area contributed by atoms with Gasteiger partial charge in [0.25, 0.3) is 5.56 Å². The Kier molecular flexibility index (Phi) is 3.71. The Morgan fingerprint density at radius 3 is 2.43 bits per heavy atom. The zero-order valence-electron chi connectivity index (χ0n) is 11.0. The summed E-state index contributed by atoms with van der Waals surface area (Å²) in [5.74, 6) is 0.402. The predicted octanol–water partition coefficient (Wildman–Crippen LogP) is 3.83. The Morgan fingerprint density at radius 2 is 1.71 bits per heavy atom. The maximum atomic E-state index is 11.8. The van der Waals surface area contributed by atoms with Crippen molar-refractivity contribution in [3.05, 3.63) is 76.0 Å². The van der Waals surface area contributed by atoms with Gasteiger partial charge in [0.05, 0.1) is 5.69 Å². The van der Waals surface area contributed by atoms with Gasteiger partial charge in [0, 0.05) is 22.3 Å². The van der Waals surface area contributed by atoms with Crippen molar-refractivity contribution in [3.63, 3.8) is 0 Å². The molecular formula is C16H12ClN3O. The fraction of sp³-hybridized carbons (Fsp3) is 0. The minimum atomic E-state index is -0.214. The van der Waals surface area contributed by atoms with Gasteiger partial charge in [0.2, 0.25) is 5.95 Å². The number of rotatable bonds is 3. The molecule has 0 aliphatic rings. The number of aromatic nitrogens is 2. The summed E-state index contributed by atoms with van der Waals surface area (Å²) >= 11 is 5.87. The number of benzene rings is 2. The second-order valence-corrected chi connectivity index (χ2v) is 4.91. The number of H-pyrrole nitrogens is 1. The van der Waals surface area contributed by atoms with Crippen LogP contribution in [0, 0.1) is 0 Å². The molecule has 0 saturated heterocycles. The van der Waals surface area contributed by atoms with Gasteiger partial charge in [-0.05, 0) is 24.3 Å². The monoisotopic (exact) mass is 297 g/mol. The normalized spacial score (nSPS) is 10.3. The van der Waals surface area contributed by atoms with Crippen LogP contribution in [0.15, 0.2) is 65.5 Å². The fourth-order valence-corrected chi connectivity index (χ4v) is 2.07. The van der Waals surface area contributed by atoms with Crippen molar-refractivity contribution in [2.45, 2.75) is 0 Å². The second-order valence-electron chi connectivity index (χ2n) is 4.48. The average Bonchev–Trinajstić information content (AvgIpc) is 2.48. The average molecular weight is 298 g/mol. The van der Waals surface area contributed by atoms with Crippen molar-refractivity contribution in [2.24, 2.45) is 0 Å². The van der Waals surface area contributed by atoms with Gasteiger partial charge in [-0.3, -0.25) is 9.78 Å². The van der Waals surface area contributed by atoms with Gasteiger partial charge >= 0.3 is 0 Å². The van der Waals surface area contributed by atoms with Crippen molar-refractivity contribution in [2.75, 3.05) is 5.32 Å². The number of para-hydroxylation sites is 1. The summed E-state index contributed by atoms with van der Waals surface area (Å²) < 4.78 is 0. The molecule has 0 radical (unpaired) electrons. The summed E-state index contributed by atoms with van der Waals surface area (Å²) in [5.41, 5.74) is 2.07. The Bertz CT molecular complexity index is 798. The molecule has 0 atom stereocenters. The van der Waals surface area contributed by atoms with Gasteiger partial charge in [-0.1, -0.05) is 41.9 Å². The Labute approximate surface area is 126 Å². The van der Waals surface area contributed by atoms with Crippen LogP contribution in [0.2, 0.25) is 5.02 Å². The first-order valence-corrected chi connectivity index (χ1v) is 6.78. The van der Waals surface area contributed by atoms with Gasteiger partial charge in [0.1, 0.15) is 0 Å². The lowest BCUT2D eigenvalue weighted by Gasteiger charge is -2.07. The molecule has 2 N–H and O–H groups in total. The first-order chi connectivity index (χ1) is 10.2. The molecule has 21 heavy (non-hydrogen) atoms. The minimum absolute atomic E-state index is 0.214. The van der Waals surface area contributed by atoms with Gasteiger partial charge in [-0.2, -0.15) is 0 Å². The van der Waals surface area contributed by atoms with Gasteiger partial charge in [0.15, 0.2) is 0 Å². The van der Waals surface area contributed by atoms with Gasteiger partial charge in [-0.15, -0.1) is 0 Å². The van der Waals surface area contributed by atoms with Crippen LogP contribution in [-0.2, 0) is 0 Å². The van der Waals surface area contributed by atoms with E-state index < -0.39 is 0 Å². The van der Waals surface area contributed by atoms with E-state index in [1.54, 1.807) is 12.1 Å². The highest BCUT2D eigenvalue weighted by Crippen LogP contribution is 2.20. The quantitative estimate of drug-likeness (QED) is 0.772. The highest BCUT2D eigenvalue weighted by molar-refractivity contribution is 6.30. The molecule has 1 aromatic heterocycles. The SMILES string of the molecule is O=c1cc(-c2ccc(Cl)cc2)nc(Nc2ccccc2)[nH]1. The molecule has 104 valence electrons.